The fraction of sp³-hybridized carbons (Fsp3) is 0.833. The smallest absolute Gasteiger partial charge is 0.320 e. The second kappa shape index (κ2) is 5.25. The number of esters is 1. The molecule has 2 fully saturated rings. The molecule has 0 radical (unpaired) electrons. The highest BCUT2D eigenvalue weighted by molar-refractivity contribution is 6.25. The van der Waals surface area contributed by atoms with E-state index in [2.05, 4.69) is 5.32 Å². The quantitative estimate of drug-likeness (QED) is 0.464. The number of amides is 1. The third-order valence-electron chi connectivity index (χ3n) is 3.70. The highest BCUT2D eigenvalue weighted by atomic mass is 35.5. The van der Waals surface area contributed by atoms with Crippen molar-refractivity contribution in [1.82, 2.24) is 5.32 Å². The zero-order valence-electron chi connectivity index (χ0n) is 9.95. The maximum Gasteiger partial charge on any atom is 0.320 e. The molecule has 0 spiro atoms. The lowest BCUT2D eigenvalue weighted by Gasteiger charge is -2.41. The average molecular weight is 260 g/mol. The van der Waals surface area contributed by atoms with E-state index >= 15 is 0 Å². The molecule has 0 aromatic heterocycles. The number of halogens is 1. The van der Waals surface area contributed by atoms with Gasteiger partial charge in [0.15, 0.2) is 5.92 Å². The molecule has 1 heterocycles. The van der Waals surface area contributed by atoms with Gasteiger partial charge in [-0.2, -0.15) is 0 Å². The molecule has 1 N–H and O–H groups in total. The van der Waals surface area contributed by atoms with Gasteiger partial charge < -0.3 is 10.1 Å². The van der Waals surface area contributed by atoms with Crippen molar-refractivity contribution in [1.29, 1.82) is 0 Å². The minimum atomic E-state index is -0.837. The van der Waals surface area contributed by atoms with Gasteiger partial charge >= 0.3 is 5.97 Å². The maximum absolute atomic E-state index is 11.9. The number of fused-ring (bicyclic) bond motifs is 1. The van der Waals surface area contributed by atoms with E-state index in [0.717, 1.165) is 25.7 Å². The topological polar surface area (TPSA) is 55.4 Å². The summed E-state index contributed by atoms with van der Waals surface area (Å²) in [7, 11) is 0. The van der Waals surface area contributed by atoms with Crippen LogP contribution in [0.4, 0.5) is 0 Å². The Labute approximate surface area is 106 Å². The molecule has 0 aromatic carbocycles. The summed E-state index contributed by atoms with van der Waals surface area (Å²) in [5.74, 6) is -1.39. The van der Waals surface area contributed by atoms with Crippen molar-refractivity contribution in [2.24, 2.45) is 11.8 Å². The molecule has 1 aliphatic carbocycles. The third kappa shape index (κ3) is 2.41. The SMILES string of the molecule is CCOC(=O)C1C(=O)NC2CCCCC2C1Cl. The molecule has 0 bridgehead atoms. The number of carbonyl (C=O) groups is 2. The number of hydrogen-bond donors (Lipinski definition) is 1. The normalized spacial score (nSPS) is 36.9. The summed E-state index contributed by atoms with van der Waals surface area (Å²) >= 11 is 6.32. The largest absolute Gasteiger partial charge is 0.465 e. The van der Waals surface area contributed by atoms with Crippen LogP contribution in [0.2, 0.25) is 0 Å². The molecule has 4 atom stereocenters. The molecule has 1 aliphatic heterocycles. The third-order valence-corrected chi connectivity index (χ3v) is 4.27. The molecule has 1 amide bonds. The van der Waals surface area contributed by atoms with Crippen LogP contribution >= 0.6 is 11.6 Å². The van der Waals surface area contributed by atoms with E-state index in [4.69, 9.17) is 16.3 Å². The summed E-state index contributed by atoms with van der Waals surface area (Å²) < 4.78 is 4.92. The molecule has 96 valence electrons. The van der Waals surface area contributed by atoms with Gasteiger partial charge in [0.1, 0.15) is 0 Å². The highest BCUT2D eigenvalue weighted by Gasteiger charge is 2.47. The first kappa shape index (κ1) is 12.7. The van der Waals surface area contributed by atoms with E-state index in [1.807, 2.05) is 0 Å². The van der Waals surface area contributed by atoms with Gasteiger partial charge in [0.2, 0.25) is 5.91 Å². The fourth-order valence-corrected chi connectivity index (χ4v) is 3.37. The van der Waals surface area contributed by atoms with E-state index in [-0.39, 0.29) is 24.5 Å². The van der Waals surface area contributed by atoms with Gasteiger partial charge in [-0.3, -0.25) is 9.59 Å². The summed E-state index contributed by atoms with van der Waals surface area (Å²) in [5.41, 5.74) is 0. The van der Waals surface area contributed by atoms with Gasteiger partial charge in [-0.15, -0.1) is 11.6 Å². The Morgan fingerprint density at radius 1 is 1.47 bits per heavy atom. The number of alkyl halides is 1. The van der Waals surface area contributed by atoms with E-state index in [0.29, 0.717) is 0 Å². The monoisotopic (exact) mass is 259 g/mol. The predicted molar refractivity (Wildman–Crippen MR) is 63.7 cm³/mol. The lowest BCUT2D eigenvalue weighted by molar-refractivity contribution is -0.154. The van der Waals surface area contributed by atoms with Crippen LogP contribution in [-0.2, 0) is 14.3 Å². The molecule has 2 aliphatic rings. The van der Waals surface area contributed by atoms with Crippen molar-refractivity contribution in [3.05, 3.63) is 0 Å². The number of ether oxygens (including phenoxy) is 1. The number of rotatable bonds is 2. The summed E-state index contributed by atoms with van der Waals surface area (Å²) in [5, 5.41) is 2.49. The molecular weight excluding hydrogens is 242 g/mol. The second-order valence-electron chi connectivity index (χ2n) is 4.74. The molecule has 4 unspecified atom stereocenters. The van der Waals surface area contributed by atoms with Crippen LogP contribution in [0.25, 0.3) is 0 Å². The van der Waals surface area contributed by atoms with Gasteiger partial charge in [0.25, 0.3) is 0 Å². The zero-order valence-corrected chi connectivity index (χ0v) is 10.7. The predicted octanol–water partition coefficient (Wildman–Crippen LogP) is 1.46. The zero-order chi connectivity index (χ0) is 12.4. The lowest BCUT2D eigenvalue weighted by Crippen LogP contribution is -2.58. The number of nitrogens with one attached hydrogen (secondary N) is 1. The Morgan fingerprint density at radius 3 is 2.88 bits per heavy atom. The van der Waals surface area contributed by atoms with Crippen LogP contribution in [0.15, 0.2) is 0 Å². The molecule has 1 saturated heterocycles. The van der Waals surface area contributed by atoms with E-state index in [1.165, 1.54) is 0 Å². The standard InChI is InChI=1S/C12H18ClNO3/c1-2-17-12(16)9-10(13)7-5-3-4-6-8(7)14-11(9)15/h7-10H,2-6H2,1H3,(H,14,15). The number of hydrogen-bond acceptors (Lipinski definition) is 3. The average Bonchev–Trinajstić information content (AvgIpc) is 2.29. The Morgan fingerprint density at radius 2 is 2.18 bits per heavy atom. The Bertz CT molecular complexity index is 321. The molecule has 0 aromatic rings. The van der Waals surface area contributed by atoms with Gasteiger partial charge in [-0.1, -0.05) is 12.8 Å². The summed E-state index contributed by atoms with van der Waals surface area (Å²) in [6.45, 7) is 2.01. The summed E-state index contributed by atoms with van der Waals surface area (Å²) in [4.78, 5) is 23.6. The Hall–Kier alpha value is -0.770. The van der Waals surface area contributed by atoms with Gasteiger partial charge in [0, 0.05) is 6.04 Å². The van der Waals surface area contributed by atoms with Crippen molar-refractivity contribution < 1.29 is 14.3 Å². The van der Waals surface area contributed by atoms with E-state index in [9.17, 15) is 9.59 Å². The molecule has 5 heteroatoms. The Balaban J connectivity index is 2.12. The Kier molecular flexibility index (Phi) is 3.92. The second-order valence-corrected chi connectivity index (χ2v) is 5.24. The van der Waals surface area contributed by atoms with Crippen molar-refractivity contribution in [3.63, 3.8) is 0 Å². The minimum Gasteiger partial charge on any atom is -0.465 e. The van der Waals surface area contributed by atoms with Crippen molar-refractivity contribution >= 4 is 23.5 Å². The van der Waals surface area contributed by atoms with Crippen LogP contribution < -0.4 is 5.32 Å². The van der Waals surface area contributed by atoms with Crippen LogP contribution in [0, 0.1) is 11.8 Å². The van der Waals surface area contributed by atoms with Crippen LogP contribution in [0.5, 0.6) is 0 Å². The van der Waals surface area contributed by atoms with E-state index in [1.54, 1.807) is 6.92 Å². The van der Waals surface area contributed by atoms with Gasteiger partial charge in [0.05, 0.1) is 12.0 Å². The maximum atomic E-state index is 11.9. The van der Waals surface area contributed by atoms with Gasteiger partial charge in [-0.25, -0.2) is 0 Å². The van der Waals surface area contributed by atoms with Crippen molar-refractivity contribution in [2.45, 2.75) is 44.0 Å². The highest BCUT2D eigenvalue weighted by Crippen LogP contribution is 2.37. The fourth-order valence-electron chi connectivity index (χ4n) is 2.85. The lowest BCUT2D eigenvalue weighted by atomic mass is 9.75. The molecular formula is C12H18ClNO3. The van der Waals surface area contributed by atoms with Crippen LogP contribution in [0.3, 0.4) is 0 Å². The van der Waals surface area contributed by atoms with Crippen LogP contribution in [-0.4, -0.2) is 29.9 Å². The first-order valence-corrected chi connectivity index (χ1v) is 6.70. The van der Waals surface area contributed by atoms with E-state index < -0.39 is 17.3 Å². The molecule has 17 heavy (non-hydrogen) atoms. The molecule has 2 rings (SSSR count). The van der Waals surface area contributed by atoms with Gasteiger partial charge in [-0.05, 0) is 25.7 Å². The van der Waals surface area contributed by atoms with Crippen molar-refractivity contribution in [2.75, 3.05) is 6.61 Å². The minimum absolute atomic E-state index is 0.143. The molecule has 1 saturated carbocycles. The number of piperidine rings is 1. The number of carbonyl (C=O) groups excluding carboxylic acids is 2. The first-order valence-electron chi connectivity index (χ1n) is 6.26. The summed E-state index contributed by atoms with van der Waals surface area (Å²) in [6.07, 6.45) is 4.19. The summed E-state index contributed by atoms with van der Waals surface area (Å²) in [6, 6.07) is 0.143. The van der Waals surface area contributed by atoms with Crippen molar-refractivity contribution in [3.8, 4) is 0 Å². The van der Waals surface area contributed by atoms with Crippen LogP contribution in [0.1, 0.15) is 32.6 Å². The first-order chi connectivity index (χ1) is 8.15. The molecule has 4 nitrogen and oxygen atoms in total.